The van der Waals surface area contributed by atoms with Gasteiger partial charge in [-0.25, -0.2) is 9.18 Å². The lowest BCUT2D eigenvalue weighted by Crippen LogP contribution is -2.37. The van der Waals surface area contributed by atoms with E-state index in [9.17, 15) is 9.18 Å². The van der Waals surface area contributed by atoms with E-state index in [-0.39, 0.29) is 17.5 Å². The van der Waals surface area contributed by atoms with Crippen molar-refractivity contribution >= 4 is 27.5 Å². The zero-order chi connectivity index (χ0) is 19.8. The molecular weight excluding hydrogens is 389 g/mol. The quantitative estimate of drug-likeness (QED) is 0.557. The number of anilines is 1. The summed E-state index contributed by atoms with van der Waals surface area (Å²) < 4.78 is 15.0. The molecule has 1 fully saturated rings. The number of aromatic nitrogens is 4. The van der Waals surface area contributed by atoms with Gasteiger partial charge in [0.2, 0.25) is 5.13 Å². The minimum atomic E-state index is -0.233. The fraction of sp³-hybridized carbons (Fsp3) is 0.286. The summed E-state index contributed by atoms with van der Waals surface area (Å²) >= 11 is 1.58. The molecule has 4 aromatic rings. The van der Waals surface area contributed by atoms with E-state index < -0.39 is 0 Å². The predicted octanol–water partition coefficient (Wildman–Crippen LogP) is 3.75. The number of hydrogen-bond acceptors (Lipinski definition) is 5. The maximum atomic E-state index is 13.1. The lowest BCUT2D eigenvalue weighted by Gasteiger charge is -2.32. The molecule has 5 rings (SSSR count). The summed E-state index contributed by atoms with van der Waals surface area (Å²) in [4.78, 5) is 17.6. The zero-order valence-electron chi connectivity index (χ0n) is 15.7. The first-order valence-electron chi connectivity index (χ1n) is 9.68. The minimum absolute atomic E-state index is 0.0397. The number of para-hydroxylation sites is 2. The number of piperidine rings is 1. The molecule has 0 aliphatic carbocycles. The fourth-order valence-electron chi connectivity index (χ4n) is 3.97. The summed E-state index contributed by atoms with van der Waals surface area (Å²) in [6.07, 6.45) is 2.42. The van der Waals surface area contributed by atoms with Gasteiger partial charge in [0, 0.05) is 25.6 Å². The summed E-state index contributed by atoms with van der Waals surface area (Å²) in [7, 11) is 0. The monoisotopic (exact) mass is 409 g/mol. The number of nitrogens with zero attached hydrogens (tertiary/aromatic N) is 4. The summed E-state index contributed by atoms with van der Waals surface area (Å²) in [5, 5.41) is 10.5. The van der Waals surface area contributed by atoms with Gasteiger partial charge in [0.15, 0.2) is 0 Å². The maximum absolute atomic E-state index is 13.1. The molecule has 8 heteroatoms. The standard InChI is InChI=1S/C21H20FN5OS/c22-15-7-5-14(6-8-15)13-19-24-25-21(29-19)26-11-9-16(10-12-26)27-18-4-2-1-3-17(18)23-20(27)28/h1-8,16H,9-13H2,(H,23,28). The van der Waals surface area contributed by atoms with Crippen molar-refractivity contribution in [3.8, 4) is 0 Å². The third-order valence-electron chi connectivity index (χ3n) is 5.45. The highest BCUT2D eigenvalue weighted by Crippen LogP contribution is 2.30. The molecule has 1 aliphatic heterocycles. The van der Waals surface area contributed by atoms with Crippen LogP contribution in [0.1, 0.15) is 29.5 Å². The van der Waals surface area contributed by atoms with Gasteiger partial charge in [0.1, 0.15) is 10.8 Å². The van der Waals surface area contributed by atoms with Gasteiger partial charge in [-0.3, -0.25) is 4.57 Å². The molecule has 1 saturated heterocycles. The highest BCUT2D eigenvalue weighted by Gasteiger charge is 2.25. The lowest BCUT2D eigenvalue weighted by atomic mass is 10.1. The summed E-state index contributed by atoms with van der Waals surface area (Å²) in [5.74, 6) is -0.233. The van der Waals surface area contributed by atoms with Crippen molar-refractivity contribution in [2.45, 2.75) is 25.3 Å². The third kappa shape index (κ3) is 3.55. The second-order valence-corrected chi connectivity index (χ2v) is 8.36. The third-order valence-corrected chi connectivity index (χ3v) is 6.43. The molecule has 2 aromatic carbocycles. The Morgan fingerprint density at radius 2 is 1.83 bits per heavy atom. The Kier molecular flexibility index (Phi) is 4.63. The smallest absolute Gasteiger partial charge is 0.326 e. The number of aromatic amines is 1. The van der Waals surface area contributed by atoms with Crippen LogP contribution in [-0.4, -0.2) is 32.8 Å². The van der Waals surface area contributed by atoms with Gasteiger partial charge < -0.3 is 9.88 Å². The highest BCUT2D eigenvalue weighted by molar-refractivity contribution is 7.15. The summed E-state index contributed by atoms with van der Waals surface area (Å²) in [6, 6.07) is 14.5. The minimum Gasteiger partial charge on any atom is -0.347 e. The predicted molar refractivity (Wildman–Crippen MR) is 112 cm³/mol. The van der Waals surface area contributed by atoms with Crippen LogP contribution in [0.2, 0.25) is 0 Å². The Labute approximate surface area is 170 Å². The molecule has 148 valence electrons. The van der Waals surface area contributed by atoms with E-state index in [1.165, 1.54) is 12.1 Å². The Balaban J connectivity index is 1.27. The molecule has 1 aliphatic rings. The van der Waals surface area contributed by atoms with E-state index in [2.05, 4.69) is 20.1 Å². The van der Waals surface area contributed by atoms with E-state index in [0.717, 1.165) is 52.7 Å². The number of imidazole rings is 1. The van der Waals surface area contributed by atoms with E-state index >= 15 is 0 Å². The molecule has 0 unspecified atom stereocenters. The molecule has 0 atom stereocenters. The molecular formula is C21H20FN5OS. The average Bonchev–Trinajstić information content (AvgIpc) is 3.33. The van der Waals surface area contributed by atoms with E-state index in [1.54, 1.807) is 23.5 Å². The van der Waals surface area contributed by atoms with Crippen LogP contribution in [0.3, 0.4) is 0 Å². The maximum Gasteiger partial charge on any atom is 0.326 e. The normalized spacial score (nSPS) is 15.3. The van der Waals surface area contributed by atoms with E-state index in [0.29, 0.717) is 6.42 Å². The van der Waals surface area contributed by atoms with Crippen LogP contribution in [0.25, 0.3) is 11.0 Å². The summed E-state index contributed by atoms with van der Waals surface area (Å²) in [5.41, 5.74) is 2.83. The second kappa shape index (κ2) is 7.44. The molecule has 0 bridgehead atoms. The van der Waals surface area contributed by atoms with Crippen LogP contribution < -0.4 is 10.6 Å². The number of benzene rings is 2. The van der Waals surface area contributed by atoms with Crippen molar-refractivity contribution in [2.75, 3.05) is 18.0 Å². The van der Waals surface area contributed by atoms with Gasteiger partial charge in [0.25, 0.3) is 0 Å². The van der Waals surface area contributed by atoms with Gasteiger partial charge in [0.05, 0.1) is 11.0 Å². The number of halogens is 1. The van der Waals surface area contributed by atoms with Gasteiger partial charge in [-0.1, -0.05) is 35.6 Å². The number of hydrogen-bond donors (Lipinski definition) is 1. The number of H-pyrrole nitrogens is 1. The Morgan fingerprint density at radius 3 is 2.62 bits per heavy atom. The van der Waals surface area contributed by atoms with Crippen LogP contribution in [0.5, 0.6) is 0 Å². The molecule has 2 aromatic heterocycles. The van der Waals surface area contributed by atoms with Crippen LogP contribution in [0.4, 0.5) is 9.52 Å². The zero-order valence-corrected chi connectivity index (χ0v) is 16.5. The van der Waals surface area contributed by atoms with Gasteiger partial charge in [-0.2, -0.15) is 0 Å². The first-order chi connectivity index (χ1) is 14.2. The van der Waals surface area contributed by atoms with Crippen molar-refractivity contribution in [1.29, 1.82) is 0 Å². The topological polar surface area (TPSA) is 66.8 Å². The number of fused-ring (bicyclic) bond motifs is 1. The lowest BCUT2D eigenvalue weighted by molar-refractivity contribution is 0.396. The SMILES string of the molecule is O=c1[nH]c2ccccc2n1C1CCN(c2nnc(Cc3ccc(F)cc3)s2)CC1. The Hall–Kier alpha value is -3.00. The largest absolute Gasteiger partial charge is 0.347 e. The molecule has 1 N–H and O–H groups in total. The van der Waals surface area contributed by atoms with Crippen molar-refractivity contribution in [3.05, 3.63) is 75.4 Å². The van der Waals surface area contributed by atoms with Gasteiger partial charge in [-0.15, -0.1) is 10.2 Å². The molecule has 0 spiro atoms. The molecule has 29 heavy (non-hydrogen) atoms. The Morgan fingerprint density at radius 1 is 1.07 bits per heavy atom. The number of rotatable bonds is 4. The van der Waals surface area contributed by atoms with Crippen LogP contribution in [-0.2, 0) is 6.42 Å². The van der Waals surface area contributed by atoms with E-state index in [4.69, 9.17) is 0 Å². The van der Waals surface area contributed by atoms with Crippen molar-refractivity contribution in [3.63, 3.8) is 0 Å². The van der Waals surface area contributed by atoms with Crippen molar-refractivity contribution < 1.29 is 4.39 Å². The first kappa shape index (κ1) is 18.1. The van der Waals surface area contributed by atoms with Crippen LogP contribution >= 0.6 is 11.3 Å². The summed E-state index contributed by atoms with van der Waals surface area (Å²) in [6.45, 7) is 1.67. The van der Waals surface area contributed by atoms with Crippen molar-refractivity contribution in [2.24, 2.45) is 0 Å². The van der Waals surface area contributed by atoms with Gasteiger partial charge >= 0.3 is 5.69 Å². The van der Waals surface area contributed by atoms with Gasteiger partial charge in [-0.05, 0) is 42.7 Å². The molecule has 3 heterocycles. The Bertz CT molecular complexity index is 1190. The van der Waals surface area contributed by atoms with E-state index in [1.807, 2.05) is 28.8 Å². The first-order valence-corrected chi connectivity index (χ1v) is 10.5. The molecule has 0 amide bonds. The number of nitrogens with one attached hydrogen (secondary N) is 1. The van der Waals surface area contributed by atoms with Crippen LogP contribution in [0, 0.1) is 5.82 Å². The molecule has 6 nitrogen and oxygen atoms in total. The molecule has 0 radical (unpaired) electrons. The highest BCUT2D eigenvalue weighted by atomic mass is 32.1. The average molecular weight is 409 g/mol. The fourth-order valence-corrected chi connectivity index (χ4v) is 4.90. The molecule has 0 saturated carbocycles. The second-order valence-electron chi connectivity index (χ2n) is 7.32. The van der Waals surface area contributed by atoms with Crippen LogP contribution in [0.15, 0.2) is 53.3 Å². The van der Waals surface area contributed by atoms with Crippen molar-refractivity contribution in [1.82, 2.24) is 19.7 Å².